The minimum atomic E-state index is -1.16. The Balaban J connectivity index is 1.56. The lowest BCUT2D eigenvalue weighted by Gasteiger charge is -2.47. The monoisotopic (exact) mass is 404 g/mol. The summed E-state index contributed by atoms with van der Waals surface area (Å²) in [5.74, 6) is -0.366. The summed E-state index contributed by atoms with van der Waals surface area (Å²) in [5.41, 5.74) is 3.76. The first-order valence-corrected chi connectivity index (χ1v) is 9.66. The van der Waals surface area contributed by atoms with Crippen molar-refractivity contribution in [3.63, 3.8) is 0 Å². The summed E-state index contributed by atoms with van der Waals surface area (Å²) in [5, 5.41) is 19.9. The van der Waals surface area contributed by atoms with E-state index in [1.807, 2.05) is 32.0 Å². The number of rotatable bonds is 4. The van der Waals surface area contributed by atoms with Crippen molar-refractivity contribution in [2.75, 3.05) is 13.2 Å². The van der Waals surface area contributed by atoms with Crippen LogP contribution in [0.4, 0.5) is 4.39 Å². The minimum Gasteiger partial charge on any atom is -0.394 e. The molecule has 2 aliphatic rings. The summed E-state index contributed by atoms with van der Waals surface area (Å²) in [4.78, 5) is 0. The maximum absolute atomic E-state index is 13.2. The molecule has 29 heavy (non-hydrogen) atoms. The fraction of sp³-hybridized carbons (Fsp3) is 0.455. The molecule has 2 N–H and O–H groups in total. The topological polar surface area (TPSA) is 77.4 Å². The molecular formula is C22H25FO6. The van der Waals surface area contributed by atoms with Crippen molar-refractivity contribution >= 4 is 0 Å². The van der Waals surface area contributed by atoms with E-state index in [0.29, 0.717) is 5.56 Å². The lowest BCUT2D eigenvalue weighted by molar-refractivity contribution is -0.373. The van der Waals surface area contributed by atoms with Gasteiger partial charge in [-0.05, 0) is 37.1 Å². The molecule has 6 unspecified atom stereocenters. The van der Waals surface area contributed by atoms with E-state index in [4.69, 9.17) is 18.9 Å². The van der Waals surface area contributed by atoms with Crippen LogP contribution in [0.1, 0.15) is 34.8 Å². The van der Waals surface area contributed by atoms with Crippen LogP contribution in [0.5, 0.6) is 0 Å². The number of aryl methyl sites for hydroxylation is 2. The quantitative estimate of drug-likeness (QED) is 0.816. The molecule has 2 fully saturated rings. The van der Waals surface area contributed by atoms with Crippen molar-refractivity contribution in [2.45, 2.75) is 50.8 Å². The van der Waals surface area contributed by atoms with Crippen molar-refractivity contribution in [1.29, 1.82) is 0 Å². The molecule has 0 aliphatic carbocycles. The minimum absolute atomic E-state index is 0.234. The Bertz CT molecular complexity index is 842. The molecule has 6 atom stereocenters. The number of benzene rings is 2. The van der Waals surface area contributed by atoms with E-state index in [-0.39, 0.29) is 12.4 Å². The second kappa shape index (κ2) is 8.47. The van der Waals surface area contributed by atoms with Crippen molar-refractivity contribution in [1.82, 2.24) is 0 Å². The summed E-state index contributed by atoms with van der Waals surface area (Å²) in [6.07, 6.45) is -4.58. The fourth-order valence-electron chi connectivity index (χ4n) is 3.64. The van der Waals surface area contributed by atoms with Gasteiger partial charge in [0.2, 0.25) is 0 Å². The Morgan fingerprint density at radius 3 is 2.38 bits per heavy atom. The average molecular weight is 404 g/mol. The maximum Gasteiger partial charge on any atom is 0.184 e. The zero-order valence-corrected chi connectivity index (χ0v) is 16.3. The summed E-state index contributed by atoms with van der Waals surface area (Å²) >= 11 is 0. The smallest absolute Gasteiger partial charge is 0.184 e. The SMILES string of the molecule is Cc1ccc(C2OCC3OC(c4ccc(F)cc4)OC(C(O)CO)C3O2)cc1C. The summed E-state index contributed by atoms with van der Waals surface area (Å²) in [7, 11) is 0. The third kappa shape index (κ3) is 4.21. The predicted octanol–water partition coefficient (Wildman–Crippen LogP) is 2.69. The van der Waals surface area contributed by atoms with E-state index >= 15 is 0 Å². The number of aliphatic hydroxyl groups excluding tert-OH is 2. The van der Waals surface area contributed by atoms with Crippen LogP contribution in [0, 0.1) is 19.7 Å². The Morgan fingerprint density at radius 2 is 1.69 bits per heavy atom. The van der Waals surface area contributed by atoms with Gasteiger partial charge in [0.25, 0.3) is 0 Å². The number of ether oxygens (including phenoxy) is 4. The number of aliphatic hydroxyl groups is 2. The van der Waals surface area contributed by atoms with Crippen molar-refractivity contribution in [2.24, 2.45) is 0 Å². The van der Waals surface area contributed by atoms with Crippen LogP contribution >= 0.6 is 0 Å². The standard InChI is InChI=1S/C22H25FO6/c1-12-3-4-15(9-13(12)2)21-26-11-18-20(29-21)19(17(25)10-24)28-22(27-18)14-5-7-16(23)8-6-14/h3-9,17-22,24-25H,10-11H2,1-2H3. The summed E-state index contributed by atoms with van der Waals surface area (Å²) in [6.45, 7) is 3.80. The molecule has 2 saturated heterocycles. The van der Waals surface area contributed by atoms with Crippen LogP contribution in [0.25, 0.3) is 0 Å². The molecule has 2 aromatic carbocycles. The van der Waals surface area contributed by atoms with Gasteiger partial charge in [-0.15, -0.1) is 0 Å². The third-order valence-corrected chi connectivity index (χ3v) is 5.47. The molecule has 2 aromatic rings. The molecule has 0 bridgehead atoms. The van der Waals surface area contributed by atoms with Gasteiger partial charge in [0, 0.05) is 11.1 Å². The van der Waals surface area contributed by atoms with Crippen LogP contribution in [0.3, 0.4) is 0 Å². The number of halogens is 1. The van der Waals surface area contributed by atoms with Gasteiger partial charge in [-0.2, -0.15) is 0 Å². The van der Waals surface area contributed by atoms with Gasteiger partial charge < -0.3 is 29.2 Å². The summed E-state index contributed by atoms with van der Waals surface area (Å²) in [6, 6.07) is 11.7. The highest BCUT2D eigenvalue weighted by molar-refractivity contribution is 5.30. The molecule has 156 valence electrons. The van der Waals surface area contributed by atoms with E-state index in [0.717, 1.165) is 11.1 Å². The van der Waals surface area contributed by atoms with Crippen molar-refractivity contribution in [3.05, 3.63) is 70.5 Å². The second-order valence-electron chi connectivity index (χ2n) is 7.52. The second-order valence-corrected chi connectivity index (χ2v) is 7.52. The zero-order chi connectivity index (χ0) is 20.5. The van der Waals surface area contributed by atoms with Gasteiger partial charge in [-0.1, -0.05) is 30.3 Å². The molecule has 0 saturated carbocycles. The molecule has 0 aromatic heterocycles. The fourth-order valence-corrected chi connectivity index (χ4v) is 3.64. The highest BCUT2D eigenvalue weighted by Gasteiger charge is 2.48. The van der Waals surface area contributed by atoms with Gasteiger partial charge in [-0.25, -0.2) is 4.39 Å². The molecule has 4 rings (SSSR count). The molecule has 0 amide bonds. The van der Waals surface area contributed by atoms with E-state index in [9.17, 15) is 14.6 Å². The number of hydrogen-bond donors (Lipinski definition) is 2. The molecule has 0 radical (unpaired) electrons. The van der Waals surface area contributed by atoms with Crippen LogP contribution in [0.2, 0.25) is 0 Å². The normalized spacial score (nSPS) is 30.6. The molecule has 0 spiro atoms. The van der Waals surface area contributed by atoms with Gasteiger partial charge in [-0.3, -0.25) is 0 Å². The highest BCUT2D eigenvalue weighted by atomic mass is 19.1. The van der Waals surface area contributed by atoms with Gasteiger partial charge in [0.1, 0.15) is 30.2 Å². The van der Waals surface area contributed by atoms with Gasteiger partial charge in [0.15, 0.2) is 12.6 Å². The highest BCUT2D eigenvalue weighted by Crippen LogP contribution is 2.39. The molecule has 2 aliphatic heterocycles. The molecular weight excluding hydrogens is 379 g/mol. The van der Waals surface area contributed by atoms with Crippen LogP contribution in [-0.2, 0) is 18.9 Å². The first kappa shape index (κ1) is 20.4. The Morgan fingerprint density at radius 1 is 0.966 bits per heavy atom. The van der Waals surface area contributed by atoms with Crippen LogP contribution in [0.15, 0.2) is 42.5 Å². The summed E-state index contributed by atoms with van der Waals surface area (Å²) < 4.78 is 37.1. The lowest BCUT2D eigenvalue weighted by Crippen LogP contribution is -2.58. The van der Waals surface area contributed by atoms with Gasteiger partial charge in [0.05, 0.1) is 13.2 Å². The first-order valence-electron chi connectivity index (χ1n) is 9.66. The zero-order valence-electron chi connectivity index (χ0n) is 16.3. The van der Waals surface area contributed by atoms with E-state index in [2.05, 4.69) is 0 Å². The van der Waals surface area contributed by atoms with Crippen LogP contribution in [-0.4, -0.2) is 47.8 Å². The number of fused-ring (bicyclic) bond motifs is 1. The first-order chi connectivity index (χ1) is 14.0. The lowest BCUT2D eigenvalue weighted by atomic mass is 9.99. The van der Waals surface area contributed by atoms with E-state index in [1.54, 1.807) is 12.1 Å². The molecule has 7 heteroatoms. The van der Waals surface area contributed by atoms with Crippen molar-refractivity contribution < 1.29 is 33.6 Å². The van der Waals surface area contributed by atoms with E-state index < -0.39 is 43.6 Å². The Hall–Kier alpha value is -1.87. The van der Waals surface area contributed by atoms with Gasteiger partial charge >= 0.3 is 0 Å². The van der Waals surface area contributed by atoms with E-state index in [1.165, 1.54) is 17.7 Å². The Labute approximate surface area is 168 Å². The number of hydrogen-bond acceptors (Lipinski definition) is 6. The maximum atomic E-state index is 13.2. The predicted molar refractivity (Wildman–Crippen MR) is 101 cm³/mol. The molecule has 6 nitrogen and oxygen atoms in total. The van der Waals surface area contributed by atoms with Crippen LogP contribution < -0.4 is 0 Å². The van der Waals surface area contributed by atoms with Crippen molar-refractivity contribution in [3.8, 4) is 0 Å². The third-order valence-electron chi connectivity index (χ3n) is 5.47. The average Bonchev–Trinajstić information content (AvgIpc) is 2.74. The Kier molecular flexibility index (Phi) is 5.96. The largest absolute Gasteiger partial charge is 0.394 e. The molecule has 2 heterocycles.